The van der Waals surface area contributed by atoms with Crippen LogP contribution in [-0.4, -0.2) is 30.0 Å². The second kappa shape index (κ2) is 8.05. The molecule has 28 heavy (non-hydrogen) atoms. The number of pyridine rings is 1. The number of nitrogens with zero attached hydrogens (tertiary/aromatic N) is 6. The smallest absolute Gasteiger partial charge is 0.237 e. The summed E-state index contributed by atoms with van der Waals surface area (Å²) in [5, 5.41) is 12.4. The van der Waals surface area contributed by atoms with E-state index in [-0.39, 0.29) is 12.4 Å². The van der Waals surface area contributed by atoms with Crippen LogP contribution in [0.4, 0.5) is 4.39 Å². The van der Waals surface area contributed by atoms with Gasteiger partial charge in [0.15, 0.2) is 5.82 Å². The minimum absolute atomic E-state index is 0.0973. The summed E-state index contributed by atoms with van der Waals surface area (Å²) in [4.78, 5) is 8.48. The number of aromatic nitrogens is 6. The molecule has 0 aliphatic carbocycles. The topological polar surface area (TPSA) is 118 Å². The zero-order chi connectivity index (χ0) is 19.3. The van der Waals surface area contributed by atoms with Gasteiger partial charge in [0.05, 0.1) is 5.75 Å². The first-order valence-corrected chi connectivity index (χ1v) is 9.12. The Morgan fingerprint density at radius 1 is 1.14 bits per heavy atom. The van der Waals surface area contributed by atoms with Gasteiger partial charge in [-0.25, -0.2) is 9.07 Å². The van der Waals surface area contributed by atoms with Gasteiger partial charge in [-0.3, -0.25) is 4.98 Å². The van der Waals surface area contributed by atoms with E-state index in [0.29, 0.717) is 39.9 Å². The van der Waals surface area contributed by atoms with E-state index in [1.807, 2.05) is 12.1 Å². The first-order chi connectivity index (χ1) is 13.7. The average Bonchev–Trinajstić information content (AvgIpc) is 3.34. The van der Waals surface area contributed by atoms with Crippen molar-refractivity contribution in [2.24, 2.45) is 0 Å². The van der Waals surface area contributed by atoms with Crippen LogP contribution in [0.1, 0.15) is 11.7 Å². The maximum Gasteiger partial charge on any atom is 0.237 e. The number of rotatable bonds is 7. The molecule has 0 aliphatic heterocycles. The van der Waals surface area contributed by atoms with Gasteiger partial charge in [-0.05, 0) is 36.4 Å². The molecule has 3 aromatic heterocycles. The standard InChI is InChI=1S/C17H14FN7O2S/c18-11-4-6-12(7-5-11)26-9-14-22-23-17(25(14)19)28-10-15-21-16(24-27-15)13-3-1-2-8-20-13/h1-8H,9-10,19H2. The van der Waals surface area contributed by atoms with E-state index in [2.05, 4.69) is 25.3 Å². The molecule has 0 amide bonds. The van der Waals surface area contributed by atoms with Gasteiger partial charge >= 0.3 is 0 Å². The van der Waals surface area contributed by atoms with Crippen molar-refractivity contribution in [1.82, 2.24) is 30.0 Å². The third-order valence-corrected chi connectivity index (χ3v) is 4.53. The lowest BCUT2D eigenvalue weighted by atomic mass is 10.3. The number of nitrogens with two attached hydrogens (primary N) is 1. The molecule has 0 unspecified atom stereocenters. The molecule has 0 fully saturated rings. The van der Waals surface area contributed by atoms with Crippen LogP contribution in [0.2, 0.25) is 0 Å². The monoisotopic (exact) mass is 399 g/mol. The average molecular weight is 399 g/mol. The summed E-state index contributed by atoms with van der Waals surface area (Å²) in [5.74, 6) is 7.80. The summed E-state index contributed by atoms with van der Waals surface area (Å²) in [7, 11) is 0. The Morgan fingerprint density at radius 2 is 2.00 bits per heavy atom. The highest BCUT2D eigenvalue weighted by atomic mass is 32.2. The quantitative estimate of drug-likeness (QED) is 0.369. The van der Waals surface area contributed by atoms with E-state index < -0.39 is 0 Å². The van der Waals surface area contributed by atoms with Crippen LogP contribution in [0, 0.1) is 5.82 Å². The van der Waals surface area contributed by atoms with E-state index in [9.17, 15) is 4.39 Å². The maximum atomic E-state index is 12.9. The molecule has 0 bridgehead atoms. The molecule has 0 spiro atoms. The lowest BCUT2D eigenvalue weighted by Crippen LogP contribution is -2.15. The number of halogens is 1. The van der Waals surface area contributed by atoms with Crippen molar-refractivity contribution in [1.29, 1.82) is 0 Å². The number of nitrogen functional groups attached to an aromatic ring is 1. The summed E-state index contributed by atoms with van der Waals surface area (Å²) >= 11 is 1.30. The summed E-state index contributed by atoms with van der Waals surface area (Å²) in [6, 6.07) is 11.1. The maximum absolute atomic E-state index is 12.9. The fourth-order valence-corrected chi connectivity index (χ4v) is 2.93. The first-order valence-electron chi connectivity index (χ1n) is 8.13. The van der Waals surface area contributed by atoms with Crippen molar-refractivity contribution in [2.45, 2.75) is 17.5 Å². The largest absolute Gasteiger partial charge is 0.486 e. The Labute approximate surface area is 162 Å². The number of ether oxygens (including phenoxy) is 1. The minimum Gasteiger partial charge on any atom is -0.486 e. The fourth-order valence-electron chi connectivity index (χ4n) is 2.22. The van der Waals surface area contributed by atoms with Crippen LogP contribution in [0.25, 0.3) is 11.5 Å². The molecule has 11 heteroatoms. The van der Waals surface area contributed by atoms with Gasteiger partial charge in [0, 0.05) is 6.20 Å². The molecule has 0 aliphatic rings. The van der Waals surface area contributed by atoms with Crippen molar-refractivity contribution in [3.05, 3.63) is 66.2 Å². The molecule has 9 nitrogen and oxygen atoms in total. The number of benzene rings is 1. The van der Waals surface area contributed by atoms with Gasteiger partial charge in [0.1, 0.15) is 23.9 Å². The van der Waals surface area contributed by atoms with Crippen LogP contribution >= 0.6 is 11.8 Å². The van der Waals surface area contributed by atoms with E-state index in [4.69, 9.17) is 15.1 Å². The van der Waals surface area contributed by atoms with Gasteiger partial charge < -0.3 is 15.1 Å². The number of hydrogen-bond acceptors (Lipinski definition) is 9. The highest BCUT2D eigenvalue weighted by Crippen LogP contribution is 2.22. The third-order valence-electron chi connectivity index (χ3n) is 3.60. The molecule has 0 saturated carbocycles. The molecule has 0 radical (unpaired) electrons. The molecule has 142 valence electrons. The van der Waals surface area contributed by atoms with Gasteiger partial charge in [0.25, 0.3) is 0 Å². The number of hydrogen-bond donors (Lipinski definition) is 1. The zero-order valence-electron chi connectivity index (χ0n) is 14.4. The first kappa shape index (κ1) is 17.9. The second-order valence-corrected chi connectivity index (χ2v) is 6.47. The van der Waals surface area contributed by atoms with Gasteiger partial charge in [-0.15, -0.1) is 10.2 Å². The summed E-state index contributed by atoms with van der Waals surface area (Å²) in [6.45, 7) is 0.0973. The molecule has 3 heterocycles. The van der Waals surface area contributed by atoms with Gasteiger partial charge in [0.2, 0.25) is 16.9 Å². The van der Waals surface area contributed by atoms with Crippen LogP contribution in [0.5, 0.6) is 5.75 Å². The highest BCUT2D eigenvalue weighted by molar-refractivity contribution is 7.98. The van der Waals surface area contributed by atoms with E-state index >= 15 is 0 Å². The Kier molecular flexibility index (Phi) is 5.15. The summed E-state index contributed by atoms with van der Waals surface area (Å²) in [5.41, 5.74) is 0.629. The third kappa shape index (κ3) is 4.09. The van der Waals surface area contributed by atoms with E-state index in [1.165, 1.54) is 40.7 Å². The zero-order valence-corrected chi connectivity index (χ0v) is 15.2. The molecule has 4 rings (SSSR count). The minimum atomic E-state index is -0.333. The van der Waals surface area contributed by atoms with Gasteiger partial charge in [-0.1, -0.05) is 23.0 Å². The molecule has 2 N–H and O–H groups in total. The molecular weight excluding hydrogens is 385 g/mol. The molecular formula is C17H14FN7O2S. The van der Waals surface area contributed by atoms with E-state index in [1.54, 1.807) is 12.3 Å². The Morgan fingerprint density at radius 3 is 2.79 bits per heavy atom. The van der Waals surface area contributed by atoms with Crippen LogP contribution in [-0.2, 0) is 12.4 Å². The molecule has 1 aromatic carbocycles. The van der Waals surface area contributed by atoms with Crippen molar-refractivity contribution in [3.8, 4) is 17.3 Å². The molecule has 0 saturated heterocycles. The lowest BCUT2D eigenvalue weighted by Gasteiger charge is -2.05. The van der Waals surface area contributed by atoms with Gasteiger partial charge in [-0.2, -0.15) is 4.98 Å². The van der Waals surface area contributed by atoms with Crippen LogP contribution in [0.15, 0.2) is 58.3 Å². The summed E-state index contributed by atoms with van der Waals surface area (Å²) in [6.07, 6.45) is 1.66. The van der Waals surface area contributed by atoms with Crippen molar-refractivity contribution < 1.29 is 13.7 Å². The molecule has 4 aromatic rings. The van der Waals surface area contributed by atoms with Crippen LogP contribution < -0.4 is 10.6 Å². The van der Waals surface area contributed by atoms with E-state index in [0.717, 1.165) is 0 Å². The SMILES string of the molecule is Nn1c(COc2ccc(F)cc2)nnc1SCc1nc(-c2ccccn2)no1. The number of thioether (sulfide) groups is 1. The van der Waals surface area contributed by atoms with Crippen molar-refractivity contribution >= 4 is 11.8 Å². The van der Waals surface area contributed by atoms with Crippen molar-refractivity contribution in [2.75, 3.05) is 5.84 Å². The fraction of sp³-hybridized carbons (Fsp3) is 0.118. The lowest BCUT2D eigenvalue weighted by molar-refractivity contribution is 0.291. The van der Waals surface area contributed by atoms with Crippen LogP contribution in [0.3, 0.4) is 0 Å². The Bertz CT molecular complexity index is 1050. The Hall–Kier alpha value is -3.47. The predicted octanol–water partition coefficient (Wildman–Crippen LogP) is 2.45. The molecule has 0 atom stereocenters. The Balaban J connectivity index is 1.36. The second-order valence-electron chi connectivity index (χ2n) is 5.53. The van der Waals surface area contributed by atoms with Crippen molar-refractivity contribution in [3.63, 3.8) is 0 Å². The highest BCUT2D eigenvalue weighted by Gasteiger charge is 2.14. The normalized spacial score (nSPS) is 10.9. The predicted molar refractivity (Wildman–Crippen MR) is 98.0 cm³/mol. The summed E-state index contributed by atoms with van der Waals surface area (Å²) < 4.78 is 25.0.